The van der Waals surface area contributed by atoms with E-state index in [1.54, 1.807) is 6.08 Å². The lowest BCUT2D eigenvalue weighted by Crippen LogP contribution is -2.05. The van der Waals surface area contributed by atoms with Gasteiger partial charge in [0, 0.05) is 6.07 Å². The number of carbonyl (C=O) groups excluding carboxylic acids is 1. The summed E-state index contributed by atoms with van der Waals surface area (Å²) in [4.78, 5) is 11.2. The van der Waals surface area contributed by atoms with E-state index in [2.05, 4.69) is 6.58 Å². The predicted molar refractivity (Wildman–Crippen MR) is 55.1 cm³/mol. The number of rotatable bonds is 4. The fraction of sp³-hybridized carbons (Fsp3) is 0.182. The second-order valence-corrected chi connectivity index (χ2v) is 3.07. The Morgan fingerprint density at radius 3 is 2.53 bits per heavy atom. The molecular formula is C11H12O4. The highest BCUT2D eigenvalue weighted by molar-refractivity contribution is 5.99. The van der Waals surface area contributed by atoms with Crippen molar-refractivity contribution in [2.24, 2.45) is 0 Å². The standard InChI is InChI=1S/C11H12O4/c1-2-3-7-4-8(11(15)6-12)10(14)5-9(7)13/h2,4-5,12-14H,1,3,6H2. The number of phenols is 2. The lowest BCUT2D eigenvalue weighted by Gasteiger charge is -2.07. The van der Waals surface area contributed by atoms with E-state index in [9.17, 15) is 15.0 Å². The minimum atomic E-state index is -0.675. The number of Topliss-reactive ketones (excluding diaryl/α,β-unsaturated/α-hetero) is 1. The zero-order valence-electron chi connectivity index (χ0n) is 8.10. The number of aliphatic hydroxyl groups excluding tert-OH is 1. The minimum absolute atomic E-state index is 0.00662. The van der Waals surface area contributed by atoms with Crippen molar-refractivity contribution >= 4 is 5.78 Å². The van der Waals surface area contributed by atoms with Gasteiger partial charge in [0.25, 0.3) is 0 Å². The maximum absolute atomic E-state index is 11.2. The van der Waals surface area contributed by atoms with Gasteiger partial charge in [0.2, 0.25) is 0 Å². The molecule has 4 heteroatoms. The highest BCUT2D eigenvalue weighted by Gasteiger charge is 2.13. The molecule has 0 aliphatic heterocycles. The fourth-order valence-corrected chi connectivity index (χ4v) is 1.25. The quantitative estimate of drug-likeness (QED) is 0.509. The van der Waals surface area contributed by atoms with E-state index in [4.69, 9.17) is 5.11 Å². The SMILES string of the molecule is C=CCc1cc(C(=O)CO)c(O)cc1O. The van der Waals surface area contributed by atoms with Gasteiger partial charge in [-0.2, -0.15) is 0 Å². The van der Waals surface area contributed by atoms with Crippen LogP contribution in [0.2, 0.25) is 0 Å². The van der Waals surface area contributed by atoms with E-state index < -0.39 is 12.4 Å². The lowest BCUT2D eigenvalue weighted by molar-refractivity contribution is 0.0901. The van der Waals surface area contributed by atoms with Crippen LogP contribution in [0.5, 0.6) is 11.5 Å². The molecule has 3 N–H and O–H groups in total. The van der Waals surface area contributed by atoms with Crippen LogP contribution in [0.25, 0.3) is 0 Å². The maximum Gasteiger partial charge on any atom is 0.191 e. The Labute approximate surface area is 87.1 Å². The van der Waals surface area contributed by atoms with Crippen LogP contribution in [-0.2, 0) is 6.42 Å². The summed E-state index contributed by atoms with van der Waals surface area (Å²) in [5.41, 5.74) is 0.492. The first-order chi connectivity index (χ1) is 7.10. The molecule has 0 spiro atoms. The van der Waals surface area contributed by atoms with E-state index in [0.29, 0.717) is 12.0 Å². The second kappa shape index (κ2) is 4.61. The van der Waals surface area contributed by atoms with Gasteiger partial charge in [0.05, 0.1) is 5.56 Å². The molecule has 0 amide bonds. The van der Waals surface area contributed by atoms with Crippen LogP contribution in [0.1, 0.15) is 15.9 Å². The molecule has 1 aromatic carbocycles. The van der Waals surface area contributed by atoms with Crippen LogP contribution in [0.3, 0.4) is 0 Å². The molecule has 0 saturated carbocycles. The monoisotopic (exact) mass is 208 g/mol. The number of allylic oxidation sites excluding steroid dienone is 1. The smallest absolute Gasteiger partial charge is 0.191 e. The number of aromatic hydroxyl groups is 2. The molecule has 0 aliphatic carbocycles. The lowest BCUT2D eigenvalue weighted by atomic mass is 10.0. The normalized spacial score (nSPS) is 9.93. The third-order valence-electron chi connectivity index (χ3n) is 2.01. The van der Waals surface area contributed by atoms with E-state index in [-0.39, 0.29) is 17.1 Å². The molecule has 0 heterocycles. The Morgan fingerprint density at radius 1 is 1.33 bits per heavy atom. The largest absolute Gasteiger partial charge is 0.508 e. The molecule has 1 rings (SSSR count). The Bertz CT molecular complexity index is 396. The van der Waals surface area contributed by atoms with Crippen molar-refractivity contribution in [3.63, 3.8) is 0 Å². The van der Waals surface area contributed by atoms with Gasteiger partial charge in [0.1, 0.15) is 18.1 Å². The molecule has 0 atom stereocenters. The highest BCUT2D eigenvalue weighted by Crippen LogP contribution is 2.28. The zero-order chi connectivity index (χ0) is 11.4. The summed E-state index contributed by atoms with van der Waals surface area (Å²) in [6.07, 6.45) is 1.96. The average molecular weight is 208 g/mol. The van der Waals surface area contributed by atoms with E-state index in [1.807, 2.05) is 0 Å². The van der Waals surface area contributed by atoms with Gasteiger partial charge in [-0.1, -0.05) is 6.08 Å². The number of ketones is 1. The Hall–Kier alpha value is -1.81. The van der Waals surface area contributed by atoms with Crippen LogP contribution < -0.4 is 0 Å². The van der Waals surface area contributed by atoms with Crippen molar-refractivity contribution in [3.8, 4) is 11.5 Å². The summed E-state index contributed by atoms with van der Waals surface area (Å²) >= 11 is 0. The third kappa shape index (κ3) is 2.35. The average Bonchev–Trinajstić information content (AvgIpc) is 2.21. The van der Waals surface area contributed by atoms with Crippen molar-refractivity contribution in [3.05, 3.63) is 35.9 Å². The van der Waals surface area contributed by atoms with Gasteiger partial charge in [-0.25, -0.2) is 0 Å². The molecule has 0 fully saturated rings. The first kappa shape index (κ1) is 11.3. The van der Waals surface area contributed by atoms with Gasteiger partial charge < -0.3 is 15.3 Å². The Morgan fingerprint density at radius 2 is 2.00 bits per heavy atom. The summed E-state index contributed by atoms with van der Waals surface area (Å²) in [6.45, 7) is 2.83. The van der Waals surface area contributed by atoms with Crippen LogP contribution in [0, 0.1) is 0 Å². The fourth-order valence-electron chi connectivity index (χ4n) is 1.25. The predicted octanol–water partition coefficient (Wildman–Crippen LogP) is 1.00. The molecular weight excluding hydrogens is 196 g/mol. The van der Waals surface area contributed by atoms with E-state index in [0.717, 1.165) is 6.07 Å². The van der Waals surface area contributed by atoms with Gasteiger partial charge in [-0.15, -0.1) is 6.58 Å². The summed E-state index contributed by atoms with van der Waals surface area (Å²) in [7, 11) is 0. The summed E-state index contributed by atoms with van der Waals surface area (Å²) in [6, 6.07) is 2.44. The molecule has 15 heavy (non-hydrogen) atoms. The van der Waals surface area contributed by atoms with Crippen molar-refractivity contribution in [2.75, 3.05) is 6.61 Å². The molecule has 0 radical (unpaired) electrons. The molecule has 0 aromatic heterocycles. The second-order valence-electron chi connectivity index (χ2n) is 3.07. The number of carbonyl (C=O) groups is 1. The van der Waals surface area contributed by atoms with Gasteiger partial charge in [-0.3, -0.25) is 4.79 Å². The van der Waals surface area contributed by atoms with Gasteiger partial charge >= 0.3 is 0 Å². The summed E-state index contributed by atoms with van der Waals surface area (Å²) < 4.78 is 0. The maximum atomic E-state index is 11.2. The van der Waals surface area contributed by atoms with Crippen molar-refractivity contribution in [1.82, 2.24) is 0 Å². The van der Waals surface area contributed by atoms with Crippen LogP contribution in [0.4, 0.5) is 0 Å². The summed E-state index contributed by atoms with van der Waals surface area (Å²) in [5, 5.41) is 27.4. The van der Waals surface area contributed by atoms with Gasteiger partial charge in [-0.05, 0) is 18.1 Å². The molecule has 0 saturated heterocycles. The molecule has 80 valence electrons. The number of hydrogen-bond acceptors (Lipinski definition) is 4. The third-order valence-corrected chi connectivity index (χ3v) is 2.01. The first-order valence-electron chi connectivity index (χ1n) is 4.40. The minimum Gasteiger partial charge on any atom is -0.508 e. The molecule has 1 aromatic rings. The number of benzene rings is 1. The van der Waals surface area contributed by atoms with Crippen LogP contribution in [0.15, 0.2) is 24.8 Å². The molecule has 0 bridgehead atoms. The first-order valence-corrected chi connectivity index (χ1v) is 4.40. The number of phenolic OH excluding ortho intramolecular Hbond substituents is 2. The van der Waals surface area contributed by atoms with E-state index in [1.165, 1.54) is 6.07 Å². The number of hydrogen-bond donors (Lipinski definition) is 3. The topological polar surface area (TPSA) is 77.8 Å². The van der Waals surface area contributed by atoms with Crippen LogP contribution >= 0.6 is 0 Å². The van der Waals surface area contributed by atoms with Crippen molar-refractivity contribution < 1.29 is 20.1 Å². The van der Waals surface area contributed by atoms with Crippen molar-refractivity contribution in [2.45, 2.75) is 6.42 Å². The highest BCUT2D eigenvalue weighted by atomic mass is 16.3. The van der Waals surface area contributed by atoms with E-state index >= 15 is 0 Å². The Kier molecular flexibility index (Phi) is 3.46. The van der Waals surface area contributed by atoms with Crippen molar-refractivity contribution in [1.29, 1.82) is 0 Å². The molecule has 0 aliphatic rings. The zero-order valence-corrected chi connectivity index (χ0v) is 8.10. The Balaban J connectivity index is 3.22. The van der Waals surface area contributed by atoms with Gasteiger partial charge in [0.15, 0.2) is 5.78 Å². The summed E-state index contributed by atoms with van der Waals surface area (Å²) in [5.74, 6) is -1.01. The molecule has 0 unspecified atom stereocenters. The number of aliphatic hydroxyl groups is 1. The van der Waals surface area contributed by atoms with Crippen LogP contribution in [-0.4, -0.2) is 27.7 Å². The molecule has 4 nitrogen and oxygen atoms in total.